The van der Waals surface area contributed by atoms with Crippen molar-refractivity contribution in [2.75, 3.05) is 18.1 Å². The van der Waals surface area contributed by atoms with Crippen molar-refractivity contribution in [3.63, 3.8) is 0 Å². The zero-order chi connectivity index (χ0) is 11.4. The van der Waals surface area contributed by atoms with Crippen molar-refractivity contribution < 1.29 is 4.79 Å². The first-order valence-electron chi connectivity index (χ1n) is 5.42. The summed E-state index contributed by atoms with van der Waals surface area (Å²) in [7, 11) is 0. The van der Waals surface area contributed by atoms with Gasteiger partial charge in [0.2, 0.25) is 5.91 Å². The van der Waals surface area contributed by atoms with Crippen molar-refractivity contribution in [2.24, 2.45) is 11.7 Å². The normalized spacial score (nSPS) is 21.9. The van der Waals surface area contributed by atoms with Crippen LogP contribution in [-0.2, 0) is 4.79 Å². The quantitative estimate of drug-likeness (QED) is 0.860. The predicted octanol–water partition coefficient (Wildman–Crippen LogP) is 1.62. The molecule has 1 aromatic rings. The van der Waals surface area contributed by atoms with Crippen molar-refractivity contribution >= 4 is 29.0 Å². The Hall–Kier alpha value is -0.520. The molecule has 88 valence electrons. The van der Waals surface area contributed by atoms with Gasteiger partial charge in [0.25, 0.3) is 0 Å². The van der Waals surface area contributed by atoms with Crippen LogP contribution in [-0.4, -0.2) is 24.0 Å². The molecule has 16 heavy (non-hydrogen) atoms. The van der Waals surface area contributed by atoms with Gasteiger partial charge in [0, 0.05) is 11.4 Å². The van der Waals surface area contributed by atoms with Gasteiger partial charge in [0.1, 0.15) is 6.04 Å². The lowest BCUT2D eigenvalue weighted by atomic mass is 10.1. The summed E-state index contributed by atoms with van der Waals surface area (Å²) in [5, 5.41) is 4.88. The van der Waals surface area contributed by atoms with Crippen molar-refractivity contribution in [3.8, 4) is 0 Å². The van der Waals surface area contributed by atoms with E-state index in [2.05, 4.69) is 5.32 Å². The Balaban J connectivity index is 1.79. The third-order valence-corrected chi connectivity index (χ3v) is 4.91. The molecule has 0 aromatic carbocycles. The molecule has 0 saturated carbocycles. The number of carbonyl (C=O) groups excluding carboxylic acids is 1. The Bertz CT molecular complexity index is 334. The number of thiophene rings is 1. The van der Waals surface area contributed by atoms with Crippen molar-refractivity contribution in [1.29, 1.82) is 0 Å². The van der Waals surface area contributed by atoms with Crippen LogP contribution in [0.2, 0.25) is 0 Å². The Labute approximate surface area is 104 Å². The fourth-order valence-corrected chi connectivity index (χ4v) is 3.71. The number of hydrogen-bond acceptors (Lipinski definition) is 4. The second-order valence-corrected chi connectivity index (χ2v) is 6.10. The lowest BCUT2D eigenvalue weighted by Gasteiger charge is -2.13. The summed E-state index contributed by atoms with van der Waals surface area (Å²) >= 11 is 3.49. The van der Waals surface area contributed by atoms with E-state index in [1.54, 1.807) is 0 Å². The van der Waals surface area contributed by atoms with Crippen molar-refractivity contribution in [3.05, 3.63) is 22.4 Å². The molecule has 1 aromatic heterocycles. The zero-order valence-electron chi connectivity index (χ0n) is 9.02. The number of nitrogens with two attached hydrogens (primary N) is 1. The van der Waals surface area contributed by atoms with Gasteiger partial charge in [-0.1, -0.05) is 6.07 Å². The lowest BCUT2D eigenvalue weighted by Crippen LogP contribution is -2.36. The fourth-order valence-electron chi connectivity index (χ4n) is 1.70. The van der Waals surface area contributed by atoms with E-state index < -0.39 is 6.04 Å². The van der Waals surface area contributed by atoms with E-state index in [0.29, 0.717) is 5.92 Å². The molecule has 2 unspecified atom stereocenters. The number of rotatable bonds is 4. The summed E-state index contributed by atoms with van der Waals surface area (Å²) in [6.45, 7) is 0.769. The summed E-state index contributed by atoms with van der Waals surface area (Å²) in [5.74, 6) is 2.95. The summed E-state index contributed by atoms with van der Waals surface area (Å²) in [6, 6.07) is 3.32. The van der Waals surface area contributed by atoms with Crippen LogP contribution in [0.3, 0.4) is 0 Å². The van der Waals surface area contributed by atoms with Gasteiger partial charge in [0.15, 0.2) is 0 Å². The molecule has 2 rings (SSSR count). The highest BCUT2D eigenvalue weighted by Crippen LogP contribution is 2.23. The van der Waals surface area contributed by atoms with Gasteiger partial charge in [-0.2, -0.15) is 11.8 Å². The molecule has 1 aliphatic heterocycles. The van der Waals surface area contributed by atoms with Crippen LogP contribution >= 0.6 is 23.1 Å². The topological polar surface area (TPSA) is 55.1 Å². The maximum atomic E-state index is 11.8. The van der Waals surface area contributed by atoms with E-state index >= 15 is 0 Å². The molecule has 2 atom stereocenters. The van der Waals surface area contributed by atoms with Crippen molar-refractivity contribution in [1.82, 2.24) is 5.32 Å². The van der Waals surface area contributed by atoms with Gasteiger partial charge in [0.05, 0.1) is 0 Å². The number of thioether (sulfide) groups is 1. The molecule has 3 nitrogen and oxygen atoms in total. The van der Waals surface area contributed by atoms with Crippen molar-refractivity contribution in [2.45, 2.75) is 12.5 Å². The molecule has 3 N–H and O–H groups in total. The van der Waals surface area contributed by atoms with Crippen LogP contribution in [0.15, 0.2) is 17.5 Å². The second-order valence-electron chi connectivity index (χ2n) is 3.97. The SMILES string of the molecule is NC(C(=O)NCC1CCSC1)c1cccs1. The summed E-state index contributed by atoms with van der Waals surface area (Å²) in [4.78, 5) is 12.7. The third-order valence-electron chi connectivity index (χ3n) is 2.72. The summed E-state index contributed by atoms with van der Waals surface area (Å²) < 4.78 is 0. The summed E-state index contributed by atoms with van der Waals surface area (Å²) in [6.07, 6.45) is 1.21. The average molecular weight is 256 g/mol. The third kappa shape index (κ3) is 2.99. The van der Waals surface area contributed by atoms with Crippen LogP contribution in [0, 0.1) is 5.92 Å². The molecule has 5 heteroatoms. The predicted molar refractivity (Wildman–Crippen MR) is 69.7 cm³/mol. The minimum atomic E-state index is -0.506. The Morgan fingerprint density at radius 1 is 1.69 bits per heavy atom. The highest BCUT2D eigenvalue weighted by Gasteiger charge is 2.20. The Morgan fingerprint density at radius 2 is 2.56 bits per heavy atom. The first-order valence-corrected chi connectivity index (χ1v) is 7.45. The van der Waals surface area contributed by atoms with Crippen LogP contribution in [0.25, 0.3) is 0 Å². The van der Waals surface area contributed by atoms with E-state index in [9.17, 15) is 4.79 Å². The molecule has 0 spiro atoms. The maximum absolute atomic E-state index is 11.8. The van der Waals surface area contributed by atoms with E-state index in [1.807, 2.05) is 29.3 Å². The maximum Gasteiger partial charge on any atom is 0.242 e. The molecule has 1 amide bonds. The fraction of sp³-hybridized carbons (Fsp3) is 0.545. The van der Waals surface area contributed by atoms with E-state index in [-0.39, 0.29) is 5.91 Å². The zero-order valence-corrected chi connectivity index (χ0v) is 10.7. The van der Waals surface area contributed by atoms with Gasteiger partial charge in [-0.15, -0.1) is 11.3 Å². The molecular weight excluding hydrogens is 240 g/mol. The van der Waals surface area contributed by atoms with E-state index in [0.717, 1.165) is 17.2 Å². The monoisotopic (exact) mass is 256 g/mol. The number of hydrogen-bond donors (Lipinski definition) is 2. The van der Waals surface area contributed by atoms with Gasteiger partial charge in [-0.05, 0) is 35.3 Å². The van der Waals surface area contributed by atoms with Gasteiger partial charge in [-0.25, -0.2) is 0 Å². The smallest absolute Gasteiger partial charge is 0.242 e. The molecule has 1 fully saturated rings. The molecular formula is C11H16N2OS2. The molecule has 0 bridgehead atoms. The molecule has 2 heterocycles. The van der Waals surface area contributed by atoms with Crippen LogP contribution < -0.4 is 11.1 Å². The highest BCUT2D eigenvalue weighted by molar-refractivity contribution is 7.99. The second kappa shape index (κ2) is 5.70. The van der Waals surface area contributed by atoms with Gasteiger partial charge in [-0.3, -0.25) is 4.79 Å². The van der Waals surface area contributed by atoms with E-state index in [1.165, 1.54) is 23.5 Å². The molecule has 0 aliphatic carbocycles. The first-order chi connectivity index (χ1) is 7.77. The van der Waals surface area contributed by atoms with Gasteiger partial charge < -0.3 is 11.1 Å². The lowest BCUT2D eigenvalue weighted by molar-refractivity contribution is -0.122. The molecule has 1 aliphatic rings. The van der Waals surface area contributed by atoms with E-state index in [4.69, 9.17) is 5.73 Å². The Morgan fingerprint density at radius 3 is 3.19 bits per heavy atom. The minimum Gasteiger partial charge on any atom is -0.354 e. The summed E-state index contributed by atoms with van der Waals surface area (Å²) in [5.41, 5.74) is 5.86. The first kappa shape index (κ1) is 12.0. The largest absolute Gasteiger partial charge is 0.354 e. The van der Waals surface area contributed by atoms with Gasteiger partial charge >= 0.3 is 0 Å². The van der Waals surface area contributed by atoms with Crippen LogP contribution in [0.5, 0.6) is 0 Å². The average Bonchev–Trinajstić information content (AvgIpc) is 2.96. The number of amides is 1. The number of nitrogens with one attached hydrogen (secondary N) is 1. The Kier molecular flexibility index (Phi) is 4.26. The standard InChI is InChI=1S/C11H16N2OS2/c12-10(9-2-1-4-16-9)11(14)13-6-8-3-5-15-7-8/h1-2,4,8,10H,3,5-7,12H2,(H,13,14). The number of carbonyl (C=O) groups is 1. The van der Waals surface area contributed by atoms with Crippen LogP contribution in [0.4, 0.5) is 0 Å². The minimum absolute atomic E-state index is 0.0562. The molecule has 1 saturated heterocycles. The molecule has 0 radical (unpaired) electrons. The highest BCUT2D eigenvalue weighted by atomic mass is 32.2. The van der Waals surface area contributed by atoms with Crippen LogP contribution in [0.1, 0.15) is 17.3 Å².